The van der Waals surface area contributed by atoms with Crippen LogP contribution in [-0.4, -0.2) is 9.97 Å². The van der Waals surface area contributed by atoms with Crippen molar-refractivity contribution in [3.8, 4) is 0 Å². The van der Waals surface area contributed by atoms with Crippen molar-refractivity contribution in [1.82, 2.24) is 9.97 Å². The molecule has 2 rings (SSSR count). The van der Waals surface area contributed by atoms with Crippen LogP contribution in [0.1, 0.15) is 5.69 Å². The van der Waals surface area contributed by atoms with Crippen LogP contribution in [0.2, 0.25) is 10.0 Å². The second-order valence-electron chi connectivity index (χ2n) is 3.74. The quantitative estimate of drug-likeness (QED) is 0.872. The predicted octanol–water partition coefficient (Wildman–Crippen LogP) is 4.13. The van der Waals surface area contributed by atoms with E-state index in [1.807, 2.05) is 0 Å². The van der Waals surface area contributed by atoms with Crippen molar-refractivity contribution in [2.24, 2.45) is 0 Å². The van der Waals surface area contributed by atoms with Crippen LogP contribution < -0.4 is 11.1 Å². The topological polar surface area (TPSA) is 63.8 Å². The van der Waals surface area contributed by atoms with Crippen molar-refractivity contribution < 1.29 is 13.2 Å². The third-order valence-electron chi connectivity index (χ3n) is 2.23. The monoisotopic (exact) mass is 322 g/mol. The molecule has 0 aliphatic rings. The number of benzene rings is 1. The summed E-state index contributed by atoms with van der Waals surface area (Å²) >= 11 is 11.7. The summed E-state index contributed by atoms with van der Waals surface area (Å²) in [7, 11) is 0. The fourth-order valence-electron chi connectivity index (χ4n) is 1.41. The highest BCUT2D eigenvalue weighted by atomic mass is 35.5. The van der Waals surface area contributed by atoms with Crippen molar-refractivity contribution in [3.63, 3.8) is 0 Å². The van der Waals surface area contributed by atoms with Crippen molar-refractivity contribution in [1.29, 1.82) is 0 Å². The van der Waals surface area contributed by atoms with Gasteiger partial charge < -0.3 is 11.1 Å². The van der Waals surface area contributed by atoms with E-state index in [0.717, 1.165) is 6.07 Å². The number of rotatable bonds is 2. The molecular formula is C11H7Cl2F3N4. The summed E-state index contributed by atoms with van der Waals surface area (Å²) in [4.78, 5) is 6.80. The Kier molecular flexibility index (Phi) is 3.92. The van der Waals surface area contributed by atoms with E-state index in [1.54, 1.807) is 6.07 Å². The standard InChI is InChI=1S/C11H7Cl2F3N4/c12-5-1-2-6(13)7(3-5)18-9-4-8(11(14,15)16)19-10(17)20-9/h1-4H,(H3,17,18,19,20). The van der Waals surface area contributed by atoms with E-state index in [-0.39, 0.29) is 10.8 Å². The minimum absolute atomic E-state index is 0.131. The second-order valence-corrected chi connectivity index (χ2v) is 4.59. The number of nitrogen functional groups attached to an aromatic ring is 1. The van der Waals surface area contributed by atoms with Crippen LogP contribution in [0.25, 0.3) is 0 Å². The van der Waals surface area contributed by atoms with Crippen LogP contribution in [0.15, 0.2) is 24.3 Å². The lowest BCUT2D eigenvalue weighted by molar-refractivity contribution is -0.141. The van der Waals surface area contributed by atoms with Gasteiger partial charge in [-0.25, -0.2) is 4.98 Å². The first-order valence-electron chi connectivity index (χ1n) is 5.19. The van der Waals surface area contributed by atoms with Gasteiger partial charge in [0.05, 0.1) is 10.7 Å². The fraction of sp³-hybridized carbons (Fsp3) is 0.0909. The summed E-state index contributed by atoms with van der Waals surface area (Å²) < 4.78 is 37.8. The number of alkyl halides is 3. The summed E-state index contributed by atoms with van der Waals surface area (Å²) in [6.45, 7) is 0. The number of anilines is 3. The maximum atomic E-state index is 12.6. The average Bonchev–Trinajstić information content (AvgIpc) is 2.32. The highest BCUT2D eigenvalue weighted by molar-refractivity contribution is 6.35. The van der Waals surface area contributed by atoms with Crippen LogP contribution in [-0.2, 0) is 6.18 Å². The number of hydrogen-bond donors (Lipinski definition) is 2. The molecule has 0 bridgehead atoms. The normalized spacial score (nSPS) is 11.4. The Morgan fingerprint density at radius 3 is 2.45 bits per heavy atom. The molecule has 2 aromatic rings. The van der Waals surface area contributed by atoms with Gasteiger partial charge in [0, 0.05) is 11.1 Å². The number of nitrogens with two attached hydrogens (primary N) is 1. The lowest BCUT2D eigenvalue weighted by Crippen LogP contribution is -2.12. The molecule has 0 fully saturated rings. The van der Waals surface area contributed by atoms with Gasteiger partial charge in [-0.2, -0.15) is 18.2 Å². The van der Waals surface area contributed by atoms with Gasteiger partial charge in [-0.1, -0.05) is 23.2 Å². The van der Waals surface area contributed by atoms with Crippen LogP contribution >= 0.6 is 23.2 Å². The summed E-state index contributed by atoms with van der Waals surface area (Å²) in [6.07, 6.45) is -4.62. The number of halogens is 5. The molecule has 0 atom stereocenters. The summed E-state index contributed by atoms with van der Waals surface area (Å²) in [6, 6.07) is 5.23. The fourth-order valence-corrected chi connectivity index (χ4v) is 1.74. The molecule has 0 aliphatic carbocycles. The number of aromatic nitrogens is 2. The molecule has 0 radical (unpaired) electrons. The number of nitrogens with one attached hydrogen (secondary N) is 1. The molecular weight excluding hydrogens is 316 g/mol. The van der Waals surface area contributed by atoms with Gasteiger partial charge in [-0.05, 0) is 18.2 Å². The summed E-state index contributed by atoms with van der Waals surface area (Å²) in [5, 5.41) is 3.27. The zero-order chi connectivity index (χ0) is 14.9. The Hall–Kier alpha value is -1.73. The van der Waals surface area contributed by atoms with Crippen LogP contribution in [0.4, 0.5) is 30.6 Å². The molecule has 4 nitrogen and oxygen atoms in total. The van der Waals surface area contributed by atoms with E-state index in [0.29, 0.717) is 10.7 Å². The van der Waals surface area contributed by atoms with Gasteiger partial charge in [0.2, 0.25) is 5.95 Å². The van der Waals surface area contributed by atoms with Crippen LogP contribution in [0.3, 0.4) is 0 Å². The smallest absolute Gasteiger partial charge is 0.368 e. The molecule has 0 unspecified atom stereocenters. The summed E-state index contributed by atoms with van der Waals surface area (Å²) in [5.41, 5.74) is 4.42. The first-order chi connectivity index (χ1) is 9.25. The molecule has 3 N–H and O–H groups in total. The molecule has 106 valence electrons. The largest absolute Gasteiger partial charge is 0.433 e. The van der Waals surface area contributed by atoms with E-state index in [1.165, 1.54) is 12.1 Å². The maximum Gasteiger partial charge on any atom is 0.433 e. The van der Waals surface area contributed by atoms with Gasteiger partial charge in [0.1, 0.15) is 5.82 Å². The third kappa shape index (κ3) is 3.43. The molecule has 0 spiro atoms. The molecule has 9 heteroatoms. The maximum absolute atomic E-state index is 12.6. The highest BCUT2D eigenvalue weighted by Gasteiger charge is 2.33. The number of nitrogens with zero attached hydrogens (tertiary/aromatic N) is 2. The molecule has 1 heterocycles. The van der Waals surface area contributed by atoms with Crippen molar-refractivity contribution >= 4 is 40.7 Å². The predicted molar refractivity (Wildman–Crippen MR) is 71.2 cm³/mol. The Morgan fingerprint density at radius 1 is 1.10 bits per heavy atom. The Morgan fingerprint density at radius 2 is 1.80 bits per heavy atom. The van der Waals surface area contributed by atoms with Crippen LogP contribution in [0, 0.1) is 0 Å². The first-order valence-corrected chi connectivity index (χ1v) is 5.95. The molecule has 0 saturated carbocycles. The van der Waals surface area contributed by atoms with Gasteiger partial charge in [0.25, 0.3) is 0 Å². The van der Waals surface area contributed by atoms with Crippen molar-refractivity contribution in [3.05, 3.63) is 40.0 Å². The number of hydrogen-bond acceptors (Lipinski definition) is 4. The van der Waals surface area contributed by atoms with E-state index < -0.39 is 17.8 Å². The molecule has 1 aromatic heterocycles. The van der Waals surface area contributed by atoms with Crippen molar-refractivity contribution in [2.75, 3.05) is 11.1 Å². The highest BCUT2D eigenvalue weighted by Crippen LogP contribution is 2.32. The Labute approximate surface area is 121 Å². The second kappa shape index (κ2) is 5.34. The van der Waals surface area contributed by atoms with Crippen LogP contribution in [0.5, 0.6) is 0 Å². The first kappa shape index (κ1) is 14.7. The van der Waals surface area contributed by atoms with E-state index in [9.17, 15) is 13.2 Å². The van der Waals surface area contributed by atoms with Gasteiger partial charge in [-0.3, -0.25) is 0 Å². The van der Waals surface area contributed by atoms with Gasteiger partial charge >= 0.3 is 6.18 Å². The molecule has 0 amide bonds. The third-order valence-corrected chi connectivity index (χ3v) is 2.79. The van der Waals surface area contributed by atoms with E-state index in [4.69, 9.17) is 28.9 Å². The minimum atomic E-state index is -4.62. The van der Waals surface area contributed by atoms with E-state index >= 15 is 0 Å². The molecule has 1 aromatic carbocycles. The average molecular weight is 323 g/mol. The lowest BCUT2D eigenvalue weighted by Gasteiger charge is -2.11. The zero-order valence-corrected chi connectivity index (χ0v) is 11.2. The van der Waals surface area contributed by atoms with E-state index in [2.05, 4.69) is 15.3 Å². The Balaban J connectivity index is 2.39. The van der Waals surface area contributed by atoms with Gasteiger partial charge in [-0.15, -0.1) is 0 Å². The lowest BCUT2D eigenvalue weighted by atomic mass is 10.3. The molecule has 0 saturated heterocycles. The van der Waals surface area contributed by atoms with Crippen molar-refractivity contribution in [2.45, 2.75) is 6.18 Å². The Bertz CT molecular complexity index is 646. The SMILES string of the molecule is Nc1nc(Nc2cc(Cl)ccc2Cl)cc(C(F)(F)F)n1. The minimum Gasteiger partial charge on any atom is -0.368 e. The molecule has 20 heavy (non-hydrogen) atoms. The zero-order valence-electron chi connectivity index (χ0n) is 9.67. The van der Waals surface area contributed by atoms with Gasteiger partial charge in [0.15, 0.2) is 5.69 Å². The summed E-state index contributed by atoms with van der Waals surface area (Å²) in [5.74, 6) is -0.630. The molecule has 0 aliphatic heterocycles.